The molecule has 1 aliphatic heterocycles. The number of amides is 1. The van der Waals surface area contributed by atoms with Crippen LogP contribution in [0.15, 0.2) is 5.38 Å². The second-order valence-electron chi connectivity index (χ2n) is 5.95. The molecule has 0 bridgehead atoms. The lowest BCUT2D eigenvalue weighted by atomic mass is 9.97. The van der Waals surface area contributed by atoms with Crippen LogP contribution in [0.2, 0.25) is 0 Å². The second-order valence-corrected chi connectivity index (χ2v) is 6.84. The fraction of sp³-hybridized carbons (Fsp3) is 0.667. The summed E-state index contributed by atoms with van der Waals surface area (Å²) in [4.78, 5) is 27.6. The molecule has 6 nitrogen and oxygen atoms in total. The lowest BCUT2D eigenvalue weighted by Gasteiger charge is -2.14. The van der Waals surface area contributed by atoms with Crippen LogP contribution in [-0.2, 0) is 9.53 Å². The highest BCUT2D eigenvalue weighted by atomic mass is 32.1. The Kier molecular flexibility index (Phi) is 5.90. The van der Waals surface area contributed by atoms with Crippen LogP contribution in [0, 0.1) is 11.8 Å². The molecule has 122 valence electrons. The molecule has 2 rings (SSSR count). The largest absolute Gasteiger partial charge is 0.481 e. The van der Waals surface area contributed by atoms with Gasteiger partial charge in [0.2, 0.25) is 0 Å². The third-order valence-electron chi connectivity index (χ3n) is 3.57. The summed E-state index contributed by atoms with van der Waals surface area (Å²) in [7, 11) is 0. The Morgan fingerprint density at radius 3 is 2.91 bits per heavy atom. The van der Waals surface area contributed by atoms with Gasteiger partial charge in [0.15, 0.2) is 0 Å². The number of nitrogens with one attached hydrogen (secondary N) is 1. The topological polar surface area (TPSA) is 88.5 Å². The van der Waals surface area contributed by atoms with E-state index in [9.17, 15) is 14.7 Å². The standard InChI is InChI=1S/C15H22N2O4S/c1-9(2)6-10(15(19)20)7-16-13(18)11-8-22-14(17-11)12-4-3-5-21-12/h8-10,12H,3-7H2,1-2H3,(H,16,18)(H,19,20). The molecule has 22 heavy (non-hydrogen) atoms. The molecular formula is C15H22N2O4S. The summed E-state index contributed by atoms with van der Waals surface area (Å²) in [5.74, 6) is -1.51. The van der Waals surface area contributed by atoms with Gasteiger partial charge in [-0.15, -0.1) is 11.3 Å². The van der Waals surface area contributed by atoms with Gasteiger partial charge < -0.3 is 15.2 Å². The molecule has 1 amide bonds. The third-order valence-corrected chi connectivity index (χ3v) is 4.51. The van der Waals surface area contributed by atoms with Gasteiger partial charge in [0.05, 0.1) is 5.92 Å². The lowest BCUT2D eigenvalue weighted by molar-refractivity contribution is -0.142. The van der Waals surface area contributed by atoms with E-state index in [0.29, 0.717) is 12.1 Å². The predicted octanol–water partition coefficient (Wildman–Crippen LogP) is 2.47. The molecule has 1 aliphatic rings. The number of carboxylic acids is 1. The average Bonchev–Trinajstić information content (AvgIpc) is 3.11. The molecule has 0 spiro atoms. The minimum Gasteiger partial charge on any atom is -0.481 e. The van der Waals surface area contributed by atoms with Gasteiger partial charge in [-0.25, -0.2) is 4.98 Å². The molecule has 1 fully saturated rings. The summed E-state index contributed by atoms with van der Waals surface area (Å²) in [5, 5.41) is 14.4. The quantitative estimate of drug-likeness (QED) is 0.803. The van der Waals surface area contributed by atoms with Gasteiger partial charge in [0, 0.05) is 18.5 Å². The van der Waals surface area contributed by atoms with Crippen molar-refractivity contribution in [2.45, 2.75) is 39.2 Å². The first-order chi connectivity index (χ1) is 10.5. The third kappa shape index (κ3) is 4.51. The predicted molar refractivity (Wildman–Crippen MR) is 83.0 cm³/mol. The Morgan fingerprint density at radius 2 is 2.32 bits per heavy atom. The summed E-state index contributed by atoms with van der Waals surface area (Å²) in [6, 6.07) is 0. The van der Waals surface area contributed by atoms with Crippen LogP contribution >= 0.6 is 11.3 Å². The minimum absolute atomic E-state index is 0.000686. The molecule has 0 aliphatic carbocycles. The lowest BCUT2D eigenvalue weighted by Crippen LogP contribution is -2.33. The van der Waals surface area contributed by atoms with Crippen molar-refractivity contribution in [1.82, 2.24) is 10.3 Å². The maximum Gasteiger partial charge on any atom is 0.308 e. The van der Waals surface area contributed by atoms with E-state index >= 15 is 0 Å². The van der Waals surface area contributed by atoms with Crippen LogP contribution in [0.4, 0.5) is 0 Å². The molecule has 1 aromatic heterocycles. The number of thiazole rings is 1. The number of hydrogen-bond donors (Lipinski definition) is 2. The van der Waals surface area contributed by atoms with Gasteiger partial charge in [-0.1, -0.05) is 13.8 Å². The summed E-state index contributed by atoms with van der Waals surface area (Å²) in [5.41, 5.74) is 0.337. The molecule has 2 atom stereocenters. The van der Waals surface area contributed by atoms with E-state index in [1.54, 1.807) is 5.38 Å². The number of carbonyl (C=O) groups excluding carboxylic acids is 1. The van der Waals surface area contributed by atoms with E-state index < -0.39 is 11.9 Å². The Balaban J connectivity index is 1.89. The van der Waals surface area contributed by atoms with Crippen molar-refractivity contribution < 1.29 is 19.4 Å². The van der Waals surface area contributed by atoms with Gasteiger partial charge in [0.1, 0.15) is 16.8 Å². The summed E-state index contributed by atoms with van der Waals surface area (Å²) < 4.78 is 5.54. The monoisotopic (exact) mass is 326 g/mol. The average molecular weight is 326 g/mol. The maximum absolute atomic E-state index is 12.1. The van der Waals surface area contributed by atoms with Crippen LogP contribution in [0.3, 0.4) is 0 Å². The smallest absolute Gasteiger partial charge is 0.308 e. The van der Waals surface area contributed by atoms with E-state index in [1.807, 2.05) is 13.8 Å². The van der Waals surface area contributed by atoms with Crippen LogP contribution in [0.1, 0.15) is 54.7 Å². The highest BCUT2D eigenvalue weighted by Gasteiger charge is 2.24. The van der Waals surface area contributed by atoms with Gasteiger partial charge >= 0.3 is 5.97 Å². The Labute approximate surface area is 133 Å². The summed E-state index contributed by atoms with van der Waals surface area (Å²) in [6.45, 7) is 4.79. The van der Waals surface area contributed by atoms with Crippen molar-refractivity contribution in [2.24, 2.45) is 11.8 Å². The molecule has 7 heteroatoms. The maximum atomic E-state index is 12.1. The van der Waals surface area contributed by atoms with Gasteiger partial charge in [-0.2, -0.15) is 0 Å². The van der Waals surface area contributed by atoms with E-state index in [1.165, 1.54) is 11.3 Å². The number of aromatic nitrogens is 1. The van der Waals surface area contributed by atoms with Crippen molar-refractivity contribution in [1.29, 1.82) is 0 Å². The summed E-state index contributed by atoms with van der Waals surface area (Å²) >= 11 is 1.41. The first-order valence-electron chi connectivity index (χ1n) is 7.55. The Morgan fingerprint density at radius 1 is 1.55 bits per heavy atom. The normalized spacial score (nSPS) is 19.3. The molecule has 2 N–H and O–H groups in total. The fourth-order valence-electron chi connectivity index (χ4n) is 2.46. The second kappa shape index (κ2) is 7.69. The van der Waals surface area contributed by atoms with Gasteiger partial charge in [0.25, 0.3) is 5.91 Å². The zero-order valence-corrected chi connectivity index (χ0v) is 13.7. The number of carboxylic acid groups (broad SMARTS) is 1. The number of hydrogen-bond acceptors (Lipinski definition) is 5. The van der Waals surface area contributed by atoms with Crippen molar-refractivity contribution in [3.8, 4) is 0 Å². The molecule has 0 radical (unpaired) electrons. The highest BCUT2D eigenvalue weighted by Crippen LogP contribution is 2.30. The molecule has 0 aromatic carbocycles. The van der Waals surface area contributed by atoms with E-state index in [4.69, 9.17) is 4.74 Å². The molecule has 1 aromatic rings. The number of carbonyl (C=O) groups is 2. The Bertz CT molecular complexity index is 523. The van der Waals surface area contributed by atoms with Gasteiger partial charge in [-0.05, 0) is 25.2 Å². The molecule has 0 saturated carbocycles. The van der Waals surface area contributed by atoms with Crippen molar-refractivity contribution in [3.05, 3.63) is 16.1 Å². The first kappa shape index (κ1) is 16.9. The molecular weight excluding hydrogens is 304 g/mol. The molecule has 2 unspecified atom stereocenters. The fourth-order valence-corrected chi connectivity index (χ4v) is 3.34. The van der Waals surface area contributed by atoms with Crippen LogP contribution in [0.5, 0.6) is 0 Å². The highest BCUT2D eigenvalue weighted by molar-refractivity contribution is 7.09. The minimum atomic E-state index is -0.882. The van der Waals surface area contributed by atoms with Crippen LogP contribution in [0.25, 0.3) is 0 Å². The number of aliphatic carboxylic acids is 1. The van der Waals surface area contributed by atoms with Gasteiger partial charge in [-0.3, -0.25) is 9.59 Å². The molecule has 2 heterocycles. The van der Waals surface area contributed by atoms with Crippen molar-refractivity contribution in [2.75, 3.05) is 13.2 Å². The molecule has 1 saturated heterocycles. The van der Waals surface area contributed by atoms with Crippen LogP contribution in [-0.4, -0.2) is 35.1 Å². The number of nitrogens with zero attached hydrogens (tertiary/aromatic N) is 1. The van der Waals surface area contributed by atoms with Crippen molar-refractivity contribution in [3.63, 3.8) is 0 Å². The first-order valence-corrected chi connectivity index (χ1v) is 8.43. The van der Waals surface area contributed by atoms with E-state index in [-0.39, 0.29) is 24.5 Å². The van der Waals surface area contributed by atoms with Crippen molar-refractivity contribution >= 4 is 23.2 Å². The van der Waals surface area contributed by atoms with E-state index in [2.05, 4.69) is 10.3 Å². The SMILES string of the molecule is CC(C)CC(CNC(=O)c1csc(C2CCCO2)n1)C(=O)O. The number of rotatable bonds is 7. The zero-order valence-electron chi connectivity index (χ0n) is 12.9. The van der Waals surface area contributed by atoms with E-state index in [0.717, 1.165) is 24.5 Å². The van der Waals surface area contributed by atoms with Crippen LogP contribution < -0.4 is 5.32 Å². The Hall–Kier alpha value is -1.47. The zero-order chi connectivity index (χ0) is 16.1. The summed E-state index contributed by atoms with van der Waals surface area (Å²) in [6.07, 6.45) is 2.48. The number of ether oxygens (including phenoxy) is 1.